The van der Waals surface area contributed by atoms with Crippen molar-refractivity contribution in [3.05, 3.63) is 11.8 Å². The Morgan fingerprint density at radius 3 is 2.83 bits per heavy atom. The Morgan fingerprint density at radius 2 is 2.33 bits per heavy atom. The van der Waals surface area contributed by atoms with E-state index in [2.05, 4.69) is 5.16 Å². The van der Waals surface area contributed by atoms with Crippen molar-refractivity contribution in [1.29, 1.82) is 0 Å². The first-order valence-corrected chi connectivity index (χ1v) is 5.63. The maximum absolute atomic E-state index is 11.8. The highest BCUT2D eigenvalue weighted by Crippen LogP contribution is 2.26. The summed E-state index contributed by atoms with van der Waals surface area (Å²) < 4.78 is 9.93. The molecule has 1 aliphatic rings. The third-order valence-electron chi connectivity index (χ3n) is 2.56. The molecule has 0 unspecified atom stereocenters. The Morgan fingerprint density at radius 1 is 1.61 bits per heavy atom. The average molecular weight is 254 g/mol. The van der Waals surface area contributed by atoms with E-state index in [0.29, 0.717) is 5.76 Å². The lowest BCUT2D eigenvalue weighted by atomic mass is 10.4. The first-order valence-electron chi connectivity index (χ1n) is 5.63. The normalized spacial score (nSPS) is 14.3. The molecule has 7 nitrogen and oxygen atoms in total. The fraction of sp³-hybridized carbons (Fsp3) is 0.545. The van der Waals surface area contributed by atoms with Crippen molar-refractivity contribution >= 4 is 11.9 Å². The summed E-state index contributed by atoms with van der Waals surface area (Å²) in [6.07, 6.45) is 1.70. The number of rotatable bonds is 6. The monoisotopic (exact) mass is 254 g/mol. The van der Waals surface area contributed by atoms with Crippen molar-refractivity contribution in [1.82, 2.24) is 10.1 Å². The number of carboxylic acids is 1. The number of ether oxygens (including phenoxy) is 1. The van der Waals surface area contributed by atoms with Crippen LogP contribution >= 0.6 is 0 Å². The summed E-state index contributed by atoms with van der Waals surface area (Å²) in [5.74, 6) is -0.554. The molecule has 7 heteroatoms. The molecule has 0 radical (unpaired) electrons. The van der Waals surface area contributed by atoms with Gasteiger partial charge in [0.25, 0.3) is 11.8 Å². The maximum Gasteiger partial charge on any atom is 0.323 e. The van der Waals surface area contributed by atoms with E-state index in [4.69, 9.17) is 14.4 Å². The summed E-state index contributed by atoms with van der Waals surface area (Å²) in [6.45, 7) is 1.20. The number of aryl methyl sites for hydroxylation is 1. The number of amides is 1. The number of carbonyl (C=O) groups excluding carboxylic acids is 1. The molecule has 1 amide bonds. The van der Waals surface area contributed by atoms with Crippen LogP contribution in [0.2, 0.25) is 0 Å². The van der Waals surface area contributed by atoms with E-state index < -0.39 is 5.97 Å². The molecule has 1 fully saturated rings. The SMILES string of the molecule is Cc1cc(OCC(=O)N(CC(=O)O)C2CC2)no1. The van der Waals surface area contributed by atoms with Crippen molar-refractivity contribution in [2.75, 3.05) is 13.2 Å². The van der Waals surface area contributed by atoms with Gasteiger partial charge >= 0.3 is 5.97 Å². The molecule has 0 aliphatic heterocycles. The Balaban J connectivity index is 1.87. The lowest BCUT2D eigenvalue weighted by molar-refractivity contribution is -0.145. The summed E-state index contributed by atoms with van der Waals surface area (Å²) in [6, 6.07) is 1.60. The van der Waals surface area contributed by atoms with Crippen molar-refractivity contribution < 1.29 is 24.0 Å². The standard InChI is InChI=1S/C11H14N2O5/c1-7-4-9(12-18-7)17-6-10(14)13(5-11(15)16)8-2-3-8/h4,8H,2-3,5-6H2,1H3,(H,15,16). The minimum Gasteiger partial charge on any atom is -0.480 e. The number of aromatic nitrogens is 1. The fourth-order valence-electron chi connectivity index (χ4n) is 1.58. The zero-order valence-electron chi connectivity index (χ0n) is 9.96. The van der Waals surface area contributed by atoms with Crippen LogP contribution in [-0.2, 0) is 9.59 Å². The highest BCUT2D eigenvalue weighted by atomic mass is 16.5. The predicted molar refractivity (Wildman–Crippen MR) is 59.1 cm³/mol. The quantitative estimate of drug-likeness (QED) is 0.791. The van der Waals surface area contributed by atoms with E-state index in [9.17, 15) is 9.59 Å². The number of carbonyl (C=O) groups is 2. The largest absolute Gasteiger partial charge is 0.480 e. The Labute approximate surface area is 103 Å². The van der Waals surface area contributed by atoms with E-state index in [-0.39, 0.29) is 31.0 Å². The Kier molecular flexibility index (Phi) is 3.50. The van der Waals surface area contributed by atoms with Gasteiger partial charge in [0.2, 0.25) is 0 Å². The van der Waals surface area contributed by atoms with Crippen molar-refractivity contribution in [2.45, 2.75) is 25.8 Å². The highest BCUT2D eigenvalue weighted by Gasteiger charge is 2.33. The number of hydrogen-bond donors (Lipinski definition) is 1. The second-order valence-corrected chi connectivity index (χ2v) is 4.21. The maximum atomic E-state index is 11.8. The van der Waals surface area contributed by atoms with Crippen LogP contribution < -0.4 is 4.74 Å². The summed E-state index contributed by atoms with van der Waals surface area (Å²) in [5.41, 5.74) is 0. The zero-order valence-corrected chi connectivity index (χ0v) is 9.96. The highest BCUT2D eigenvalue weighted by molar-refractivity contribution is 5.83. The number of aliphatic carboxylic acids is 1. The molecule has 0 saturated heterocycles. The van der Waals surface area contributed by atoms with Crippen LogP contribution in [0.1, 0.15) is 18.6 Å². The number of hydrogen-bond acceptors (Lipinski definition) is 5. The number of carboxylic acid groups (broad SMARTS) is 1. The number of nitrogens with zero attached hydrogens (tertiary/aromatic N) is 2. The first-order chi connectivity index (χ1) is 8.56. The van der Waals surface area contributed by atoms with Crippen LogP contribution in [0.5, 0.6) is 5.88 Å². The topological polar surface area (TPSA) is 92.9 Å². The van der Waals surface area contributed by atoms with E-state index >= 15 is 0 Å². The van der Waals surface area contributed by atoms with Gasteiger partial charge in [0.1, 0.15) is 12.3 Å². The van der Waals surface area contributed by atoms with Crippen LogP contribution in [0.25, 0.3) is 0 Å². The van der Waals surface area contributed by atoms with E-state index in [1.807, 2.05) is 0 Å². The Hall–Kier alpha value is -2.05. The molecular weight excluding hydrogens is 240 g/mol. The summed E-state index contributed by atoms with van der Waals surface area (Å²) >= 11 is 0. The molecule has 1 aromatic rings. The van der Waals surface area contributed by atoms with Gasteiger partial charge < -0.3 is 19.3 Å². The molecule has 1 heterocycles. The average Bonchev–Trinajstić information content (AvgIpc) is 3.06. The third kappa shape index (κ3) is 3.22. The van der Waals surface area contributed by atoms with Crippen LogP contribution in [0.3, 0.4) is 0 Å². The minimum absolute atomic E-state index is 0.0382. The van der Waals surface area contributed by atoms with Gasteiger partial charge in [-0.15, -0.1) is 0 Å². The first kappa shape index (κ1) is 12.4. The van der Waals surface area contributed by atoms with Gasteiger partial charge in [0.05, 0.1) is 0 Å². The molecule has 0 aromatic carbocycles. The van der Waals surface area contributed by atoms with Crippen molar-refractivity contribution in [3.63, 3.8) is 0 Å². The van der Waals surface area contributed by atoms with Gasteiger partial charge in [-0.05, 0) is 24.9 Å². The van der Waals surface area contributed by atoms with Crippen LogP contribution in [0.15, 0.2) is 10.6 Å². The molecule has 18 heavy (non-hydrogen) atoms. The second kappa shape index (κ2) is 5.07. The smallest absolute Gasteiger partial charge is 0.323 e. The Bertz CT molecular complexity index is 452. The van der Waals surface area contributed by atoms with Gasteiger partial charge in [-0.3, -0.25) is 9.59 Å². The molecule has 1 N–H and O–H groups in total. The van der Waals surface area contributed by atoms with Crippen LogP contribution in [-0.4, -0.2) is 46.2 Å². The predicted octanol–water partition coefficient (Wildman–Crippen LogP) is 0.437. The molecule has 1 saturated carbocycles. The van der Waals surface area contributed by atoms with E-state index in [0.717, 1.165) is 12.8 Å². The van der Waals surface area contributed by atoms with Gasteiger partial charge in [0.15, 0.2) is 6.61 Å². The molecule has 1 aromatic heterocycles. The van der Waals surface area contributed by atoms with Gasteiger partial charge in [-0.1, -0.05) is 0 Å². The van der Waals surface area contributed by atoms with E-state index in [1.54, 1.807) is 13.0 Å². The lowest BCUT2D eigenvalue weighted by Gasteiger charge is -2.19. The molecule has 98 valence electrons. The zero-order chi connectivity index (χ0) is 13.1. The lowest BCUT2D eigenvalue weighted by Crippen LogP contribution is -2.40. The van der Waals surface area contributed by atoms with Gasteiger partial charge in [0, 0.05) is 12.1 Å². The molecule has 0 bridgehead atoms. The summed E-state index contributed by atoms with van der Waals surface area (Å²) in [5, 5.41) is 12.3. The van der Waals surface area contributed by atoms with Crippen LogP contribution in [0.4, 0.5) is 0 Å². The van der Waals surface area contributed by atoms with E-state index in [1.165, 1.54) is 4.90 Å². The van der Waals surface area contributed by atoms with Gasteiger partial charge in [-0.25, -0.2) is 0 Å². The molecular formula is C11H14N2O5. The third-order valence-corrected chi connectivity index (χ3v) is 2.56. The van der Waals surface area contributed by atoms with Gasteiger partial charge in [-0.2, -0.15) is 0 Å². The minimum atomic E-state index is -1.02. The fourth-order valence-corrected chi connectivity index (χ4v) is 1.58. The molecule has 2 rings (SSSR count). The summed E-state index contributed by atoms with van der Waals surface area (Å²) in [4.78, 5) is 23.8. The van der Waals surface area contributed by atoms with Crippen molar-refractivity contribution in [2.24, 2.45) is 0 Å². The molecule has 0 atom stereocenters. The van der Waals surface area contributed by atoms with Crippen molar-refractivity contribution in [3.8, 4) is 5.88 Å². The summed E-state index contributed by atoms with van der Waals surface area (Å²) in [7, 11) is 0. The second-order valence-electron chi connectivity index (χ2n) is 4.21. The van der Waals surface area contributed by atoms with Crippen LogP contribution in [0, 0.1) is 6.92 Å². The molecule has 1 aliphatic carbocycles. The molecule has 0 spiro atoms.